The van der Waals surface area contributed by atoms with E-state index in [0.29, 0.717) is 31.6 Å². The molecule has 1 N–H and O–H groups in total. The zero-order chi connectivity index (χ0) is 30.0. The Hall–Kier alpha value is -2.43. The summed E-state index contributed by atoms with van der Waals surface area (Å²) in [4.78, 5) is 26.2. The summed E-state index contributed by atoms with van der Waals surface area (Å²) in [6.45, 7) is 16.8. The van der Waals surface area contributed by atoms with Gasteiger partial charge in [0, 0.05) is 63.4 Å². The summed E-state index contributed by atoms with van der Waals surface area (Å²) in [5, 5.41) is 3.63. The van der Waals surface area contributed by atoms with E-state index in [9.17, 15) is 9.18 Å². The number of ether oxygens (including phenoxy) is 2. The number of carbonyl (C=O) groups is 1. The molecule has 0 radical (unpaired) electrons. The zero-order valence-corrected chi connectivity index (χ0v) is 26.2. The van der Waals surface area contributed by atoms with E-state index >= 15 is 0 Å². The molecular weight excluding hydrogens is 533 g/mol. The number of amides is 1. The lowest BCUT2D eigenvalue weighted by Gasteiger charge is -2.43. The number of pyridine rings is 1. The Morgan fingerprint density at radius 2 is 2.00 bits per heavy atom. The highest BCUT2D eigenvalue weighted by Crippen LogP contribution is 2.42. The average Bonchev–Trinajstić information content (AvgIpc) is 3.23. The van der Waals surface area contributed by atoms with Gasteiger partial charge in [-0.2, -0.15) is 0 Å². The molecule has 1 aromatic heterocycles. The van der Waals surface area contributed by atoms with Crippen LogP contribution in [0.4, 0.5) is 10.1 Å². The van der Waals surface area contributed by atoms with Crippen molar-refractivity contribution in [3.63, 3.8) is 0 Å². The largest absolute Gasteiger partial charge is 0.379 e. The van der Waals surface area contributed by atoms with E-state index in [1.807, 2.05) is 17.0 Å². The number of hydrogen-bond donors (Lipinski definition) is 1. The summed E-state index contributed by atoms with van der Waals surface area (Å²) >= 11 is 0. The second kappa shape index (κ2) is 13.1. The van der Waals surface area contributed by atoms with Gasteiger partial charge in [-0.25, -0.2) is 4.39 Å². The second-order valence-corrected chi connectivity index (χ2v) is 13.0. The van der Waals surface area contributed by atoms with Crippen molar-refractivity contribution in [2.75, 3.05) is 64.5 Å². The maximum absolute atomic E-state index is 14.1. The summed E-state index contributed by atoms with van der Waals surface area (Å²) < 4.78 is 25.2. The highest BCUT2D eigenvalue weighted by molar-refractivity contribution is 5.97. The SMILES string of the molecule is CCC(OC)c1nc2c(cc1Cc1ccc(F)cc1)N(C(=O)CN1C[C@@H](C)NC[C@@H]1CN1CCOC[C@H]1C)CC2(C)C. The molecule has 0 saturated carbocycles. The van der Waals surface area contributed by atoms with Gasteiger partial charge in [0.15, 0.2) is 0 Å². The number of nitrogens with zero attached hydrogens (tertiary/aromatic N) is 4. The van der Waals surface area contributed by atoms with Crippen LogP contribution in [0.25, 0.3) is 0 Å². The highest BCUT2D eigenvalue weighted by Gasteiger charge is 2.42. The highest BCUT2D eigenvalue weighted by atomic mass is 19.1. The molecule has 0 bridgehead atoms. The number of morpholine rings is 1. The smallest absolute Gasteiger partial charge is 0.241 e. The molecule has 1 unspecified atom stereocenters. The summed E-state index contributed by atoms with van der Waals surface area (Å²) in [5.74, 6) is -0.145. The minimum atomic E-state index is -0.292. The molecule has 3 aliphatic heterocycles. The van der Waals surface area contributed by atoms with Crippen LogP contribution in [0.15, 0.2) is 30.3 Å². The average molecular weight is 582 g/mol. The number of methoxy groups -OCH3 is 1. The monoisotopic (exact) mass is 581 g/mol. The number of hydrogen-bond acceptors (Lipinski definition) is 7. The Morgan fingerprint density at radius 3 is 2.69 bits per heavy atom. The lowest BCUT2D eigenvalue weighted by molar-refractivity contribution is -0.121. The number of fused-ring (bicyclic) bond motifs is 1. The summed E-state index contributed by atoms with van der Waals surface area (Å²) in [6, 6.07) is 9.70. The minimum Gasteiger partial charge on any atom is -0.379 e. The third kappa shape index (κ3) is 6.70. The Bertz CT molecular complexity index is 1230. The van der Waals surface area contributed by atoms with Crippen LogP contribution >= 0.6 is 0 Å². The van der Waals surface area contributed by atoms with Crippen LogP contribution in [-0.2, 0) is 26.1 Å². The summed E-state index contributed by atoms with van der Waals surface area (Å²) in [6.07, 6.45) is 1.22. The van der Waals surface area contributed by atoms with Crippen molar-refractivity contribution >= 4 is 11.6 Å². The minimum absolute atomic E-state index is 0.108. The number of rotatable bonds is 9. The van der Waals surface area contributed by atoms with Crippen LogP contribution < -0.4 is 10.2 Å². The molecule has 230 valence electrons. The van der Waals surface area contributed by atoms with E-state index < -0.39 is 0 Å². The third-order valence-corrected chi connectivity index (χ3v) is 9.18. The first-order valence-corrected chi connectivity index (χ1v) is 15.5. The maximum Gasteiger partial charge on any atom is 0.241 e. The number of halogens is 1. The van der Waals surface area contributed by atoms with E-state index in [0.717, 1.165) is 74.0 Å². The van der Waals surface area contributed by atoms with E-state index in [-0.39, 0.29) is 29.3 Å². The molecule has 2 fully saturated rings. The van der Waals surface area contributed by atoms with Crippen molar-refractivity contribution in [2.45, 2.75) is 77.1 Å². The van der Waals surface area contributed by atoms with Gasteiger partial charge in [-0.05, 0) is 56.0 Å². The summed E-state index contributed by atoms with van der Waals surface area (Å²) in [7, 11) is 1.72. The van der Waals surface area contributed by atoms with Crippen molar-refractivity contribution in [1.29, 1.82) is 0 Å². The fourth-order valence-corrected chi connectivity index (χ4v) is 6.72. The molecule has 3 aliphatic rings. The maximum atomic E-state index is 14.1. The normalized spacial score (nSPS) is 25.4. The number of piperazine rings is 1. The molecule has 2 saturated heterocycles. The predicted octanol–water partition coefficient (Wildman–Crippen LogP) is 3.92. The Labute approximate surface area is 250 Å². The van der Waals surface area contributed by atoms with Gasteiger partial charge in [0.05, 0.1) is 42.9 Å². The fourth-order valence-electron chi connectivity index (χ4n) is 6.72. The van der Waals surface area contributed by atoms with Gasteiger partial charge in [0.2, 0.25) is 5.91 Å². The molecule has 9 heteroatoms. The van der Waals surface area contributed by atoms with Gasteiger partial charge in [0.25, 0.3) is 0 Å². The van der Waals surface area contributed by atoms with Crippen LogP contribution in [0, 0.1) is 5.82 Å². The zero-order valence-electron chi connectivity index (χ0n) is 26.2. The van der Waals surface area contributed by atoms with Gasteiger partial charge in [-0.3, -0.25) is 19.6 Å². The van der Waals surface area contributed by atoms with Crippen LogP contribution in [0.3, 0.4) is 0 Å². The van der Waals surface area contributed by atoms with Gasteiger partial charge in [-0.15, -0.1) is 0 Å². The van der Waals surface area contributed by atoms with Crippen molar-refractivity contribution in [2.24, 2.45) is 0 Å². The number of nitrogens with one attached hydrogen (secondary N) is 1. The van der Waals surface area contributed by atoms with Crippen LogP contribution in [0.2, 0.25) is 0 Å². The van der Waals surface area contributed by atoms with Crippen molar-refractivity contribution in [3.8, 4) is 0 Å². The fraction of sp³-hybridized carbons (Fsp3) is 0.636. The first-order chi connectivity index (χ1) is 20.1. The van der Waals surface area contributed by atoms with E-state index in [1.54, 1.807) is 7.11 Å². The van der Waals surface area contributed by atoms with E-state index in [1.165, 1.54) is 12.1 Å². The number of aromatic nitrogens is 1. The van der Waals surface area contributed by atoms with E-state index in [2.05, 4.69) is 55.8 Å². The first kappa shape index (κ1) is 31.0. The summed E-state index contributed by atoms with van der Waals surface area (Å²) in [5.41, 5.74) is 4.45. The van der Waals surface area contributed by atoms with Gasteiger partial charge in [-0.1, -0.05) is 32.9 Å². The molecular formula is C33H48FN5O3. The predicted molar refractivity (Wildman–Crippen MR) is 164 cm³/mol. The van der Waals surface area contributed by atoms with Crippen molar-refractivity contribution < 1.29 is 18.7 Å². The Morgan fingerprint density at radius 1 is 1.24 bits per heavy atom. The molecule has 4 atom stereocenters. The second-order valence-electron chi connectivity index (χ2n) is 13.0. The van der Waals surface area contributed by atoms with Crippen LogP contribution in [0.5, 0.6) is 0 Å². The van der Waals surface area contributed by atoms with Gasteiger partial charge < -0.3 is 19.7 Å². The number of anilines is 1. The molecule has 4 heterocycles. The number of carbonyl (C=O) groups excluding carboxylic acids is 1. The van der Waals surface area contributed by atoms with Crippen LogP contribution in [0.1, 0.15) is 69.7 Å². The molecule has 2 aromatic rings. The molecule has 42 heavy (non-hydrogen) atoms. The third-order valence-electron chi connectivity index (χ3n) is 9.18. The Kier molecular flexibility index (Phi) is 9.64. The van der Waals surface area contributed by atoms with Gasteiger partial charge in [0.1, 0.15) is 5.82 Å². The molecule has 8 nitrogen and oxygen atoms in total. The first-order valence-electron chi connectivity index (χ1n) is 15.5. The van der Waals surface area contributed by atoms with E-state index in [4.69, 9.17) is 14.5 Å². The van der Waals surface area contributed by atoms with Crippen molar-refractivity contribution in [1.82, 2.24) is 20.1 Å². The molecule has 0 spiro atoms. The molecule has 1 aromatic carbocycles. The Balaban J connectivity index is 1.42. The molecule has 5 rings (SSSR count). The van der Waals surface area contributed by atoms with Gasteiger partial charge >= 0.3 is 0 Å². The quantitative estimate of drug-likeness (QED) is 0.482. The lowest BCUT2D eigenvalue weighted by Crippen LogP contribution is -2.62. The standard InChI is InChI=1S/C33H48FN5O3/c1-7-29(41-6)31-25(14-24-8-10-26(34)11-9-24)15-28-32(36-31)33(4,5)21-39(28)30(40)19-38-17-22(2)35-16-27(38)18-37-12-13-42-20-23(37)3/h8-11,15,22-23,27,29,35H,7,12-14,16-21H2,1-6H3/t22-,23-,27-,29?/m1/s1. The molecule has 0 aliphatic carbocycles. The van der Waals surface area contributed by atoms with Crippen LogP contribution in [-0.4, -0.2) is 98.4 Å². The lowest BCUT2D eigenvalue weighted by atomic mass is 9.89. The molecule has 1 amide bonds. The number of benzene rings is 1. The van der Waals surface area contributed by atoms with Crippen molar-refractivity contribution in [3.05, 3.63) is 58.7 Å². The topological polar surface area (TPSA) is 70.2 Å².